The fourth-order valence-corrected chi connectivity index (χ4v) is 3.24. The van der Waals surface area contributed by atoms with Gasteiger partial charge < -0.3 is 9.64 Å². The molecule has 0 spiro atoms. The maximum Gasteiger partial charge on any atom is 0.248 e. The highest BCUT2D eigenvalue weighted by molar-refractivity contribution is 5.77. The van der Waals surface area contributed by atoms with E-state index in [1.807, 2.05) is 59.5 Å². The van der Waals surface area contributed by atoms with E-state index in [1.54, 1.807) is 0 Å². The van der Waals surface area contributed by atoms with E-state index in [-0.39, 0.29) is 12.5 Å². The van der Waals surface area contributed by atoms with Crippen molar-refractivity contribution in [1.82, 2.24) is 9.80 Å². The van der Waals surface area contributed by atoms with E-state index in [1.165, 1.54) is 5.56 Å². The van der Waals surface area contributed by atoms with Gasteiger partial charge in [0.2, 0.25) is 5.91 Å². The Hall–Kier alpha value is -2.68. The summed E-state index contributed by atoms with van der Waals surface area (Å²) in [6.07, 6.45) is 0.959. The van der Waals surface area contributed by atoms with Gasteiger partial charge in [0.25, 0.3) is 0 Å². The van der Waals surface area contributed by atoms with Crippen LogP contribution in [0.15, 0.2) is 54.6 Å². The summed E-state index contributed by atoms with van der Waals surface area (Å²) in [6.45, 7) is 4.76. The first-order valence-electron chi connectivity index (χ1n) is 9.35. The highest BCUT2D eigenvalue weighted by Crippen LogP contribution is 2.11. The van der Waals surface area contributed by atoms with Crippen LogP contribution in [0.4, 0.5) is 0 Å². The molecule has 0 radical (unpaired) electrons. The minimum atomic E-state index is 0.0613. The summed E-state index contributed by atoms with van der Waals surface area (Å²) in [7, 11) is 0. The van der Waals surface area contributed by atoms with Crippen LogP contribution in [0.3, 0.4) is 0 Å². The predicted molar refractivity (Wildman–Crippen MR) is 104 cm³/mol. The van der Waals surface area contributed by atoms with Gasteiger partial charge >= 0.3 is 0 Å². The second-order valence-corrected chi connectivity index (χ2v) is 6.80. The summed E-state index contributed by atoms with van der Waals surface area (Å²) in [4.78, 5) is 16.7. The Kier molecular flexibility index (Phi) is 6.97. The Labute approximate surface area is 160 Å². The first-order valence-corrected chi connectivity index (χ1v) is 9.35. The molecular formula is C22H25N3O2. The van der Waals surface area contributed by atoms with Crippen LogP contribution in [0.2, 0.25) is 0 Å². The monoisotopic (exact) mass is 363 g/mol. The molecule has 1 amide bonds. The third kappa shape index (κ3) is 5.92. The summed E-state index contributed by atoms with van der Waals surface area (Å²) in [5.41, 5.74) is 2.96. The van der Waals surface area contributed by atoms with Crippen molar-refractivity contribution >= 4 is 5.91 Å². The molecule has 2 aromatic carbocycles. The van der Waals surface area contributed by atoms with Crippen molar-refractivity contribution < 1.29 is 9.53 Å². The van der Waals surface area contributed by atoms with Crippen LogP contribution in [-0.2, 0) is 22.7 Å². The summed E-state index contributed by atoms with van der Waals surface area (Å²) >= 11 is 0. The molecule has 0 atom stereocenters. The highest BCUT2D eigenvalue weighted by Gasteiger charge is 2.19. The Morgan fingerprint density at radius 2 is 1.74 bits per heavy atom. The van der Waals surface area contributed by atoms with Gasteiger partial charge in [-0.15, -0.1) is 0 Å². The first kappa shape index (κ1) is 19.1. The van der Waals surface area contributed by atoms with Crippen LogP contribution in [0.25, 0.3) is 0 Å². The van der Waals surface area contributed by atoms with Crippen LogP contribution in [0.1, 0.15) is 23.1 Å². The van der Waals surface area contributed by atoms with E-state index >= 15 is 0 Å². The zero-order chi connectivity index (χ0) is 18.9. The Bertz CT molecular complexity index is 768. The van der Waals surface area contributed by atoms with Gasteiger partial charge in [-0.25, -0.2) is 0 Å². The third-order valence-electron chi connectivity index (χ3n) is 4.77. The van der Waals surface area contributed by atoms with Crippen molar-refractivity contribution in [2.24, 2.45) is 0 Å². The molecule has 0 aliphatic carbocycles. The van der Waals surface area contributed by atoms with Crippen LogP contribution < -0.4 is 0 Å². The number of hydrogen-bond donors (Lipinski definition) is 0. The minimum Gasteiger partial charge on any atom is -0.367 e. The Morgan fingerprint density at radius 1 is 0.963 bits per heavy atom. The molecule has 0 aromatic heterocycles. The van der Waals surface area contributed by atoms with Crippen molar-refractivity contribution in [1.29, 1.82) is 5.26 Å². The van der Waals surface area contributed by atoms with E-state index in [0.717, 1.165) is 44.7 Å². The zero-order valence-corrected chi connectivity index (χ0v) is 15.5. The molecule has 1 heterocycles. The lowest BCUT2D eigenvalue weighted by Crippen LogP contribution is -2.37. The standard InChI is InChI=1S/C22H25N3O2/c23-15-19-7-9-20(10-8-19)16-24-11-4-12-25(14-13-24)22(26)18-27-17-21-5-2-1-3-6-21/h1-3,5-10H,4,11-14,16-18H2. The van der Waals surface area contributed by atoms with E-state index in [9.17, 15) is 4.79 Å². The molecule has 0 unspecified atom stereocenters. The zero-order valence-electron chi connectivity index (χ0n) is 15.5. The highest BCUT2D eigenvalue weighted by atomic mass is 16.5. The predicted octanol–water partition coefficient (Wildman–Crippen LogP) is 2.81. The lowest BCUT2D eigenvalue weighted by Gasteiger charge is -2.22. The van der Waals surface area contributed by atoms with Gasteiger partial charge in [0.05, 0.1) is 18.2 Å². The van der Waals surface area contributed by atoms with Crippen LogP contribution in [0, 0.1) is 11.3 Å². The Morgan fingerprint density at radius 3 is 2.48 bits per heavy atom. The Balaban J connectivity index is 1.43. The van der Waals surface area contributed by atoms with E-state index < -0.39 is 0 Å². The lowest BCUT2D eigenvalue weighted by molar-refractivity contribution is -0.136. The number of carbonyl (C=O) groups is 1. The normalized spacial score (nSPS) is 15.1. The van der Waals surface area contributed by atoms with E-state index in [2.05, 4.69) is 11.0 Å². The number of nitrogens with zero attached hydrogens (tertiary/aromatic N) is 3. The molecule has 5 nitrogen and oxygen atoms in total. The lowest BCUT2D eigenvalue weighted by atomic mass is 10.1. The molecule has 2 aromatic rings. The molecule has 27 heavy (non-hydrogen) atoms. The molecule has 5 heteroatoms. The number of nitriles is 1. The average Bonchev–Trinajstić information content (AvgIpc) is 2.95. The van der Waals surface area contributed by atoms with Gasteiger partial charge in [-0.3, -0.25) is 9.69 Å². The first-order chi connectivity index (χ1) is 13.2. The van der Waals surface area contributed by atoms with Gasteiger partial charge in [0.1, 0.15) is 6.61 Å². The maximum atomic E-state index is 12.4. The van der Waals surface area contributed by atoms with Crippen molar-refractivity contribution in [3.63, 3.8) is 0 Å². The van der Waals surface area contributed by atoms with Gasteiger partial charge in [-0.1, -0.05) is 42.5 Å². The molecule has 140 valence electrons. The molecule has 3 rings (SSSR count). The van der Waals surface area contributed by atoms with E-state index in [4.69, 9.17) is 10.00 Å². The molecule has 1 aliphatic rings. The number of hydrogen-bond acceptors (Lipinski definition) is 4. The number of ether oxygens (including phenoxy) is 1. The fourth-order valence-electron chi connectivity index (χ4n) is 3.24. The summed E-state index contributed by atoms with van der Waals surface area (Å²) in [5.74, 6) is 0.0613. The largest absolute Gasteiger partial charge is 0.367 e. The summed E-state index contributed by atoms with van der Waals surface area (Å²) < 4.78 is 5.59. The molecule has 1 saturated heterocycles. The molecule has 0 N–H and O–H groups in total. The molecular weight excluding hydrogens is 338 g/mol. The molecule has 0 saturated carbocycles. The number of carbonyl (C=O) groups excluding carboxylic acids is 1. The van der Waals surface area contributed by atoms with Crippen LogP contribution >= 0.6 is 0 Å². The summed E-state index contributed by atoms with van der Waals surface area (Å²) in [6, 6.07) is 19.8. The SMILES string of the molecule is N#Cc1ccc(CN2CCCN(C(=O)COCc3ccccc3)CC2)cc1. The fraction of sp³-hybridized carbons (Fsp3) is 0.364. The average molecular weight is 363 g/mol. The van der Waals surface area contributed by atoms with Crippen molar-refractivity contribution in [2.75, 3.05) is 32.8 Å². The van der Waals surface area contributed by atoms with Crippen LogP contribution in [0.5, 0.6) is 0 Å². The number of rotatable bonds is 6. The van der Waals surface area contributed by atoms with Gasteiger partial charge in [-0.2, -0.15) is 5.26 Å². The van der Waals surface area contributed by atoms with Crippen LogP contribution in [-0.4, -0.2) is 48.5 Å². The quantitative estimate of drug-likeness (QED) is 0.792. The second-order valence-electron chi connectivity index (χ2n) is 6.80. The molecule has 0 bridgehead atoms. The van der Waals surface area contributed by atoms with Gasteiger partial charge in [-0.05, 0) is 29.7 Å². The number of amides is 1. The van der Waals surface area contributed by atoms with Crippen molar-refractivity contribution in [2.45, 2.75) is 19.6 Å². The third-order valence-corrected chi connectivity index (χ3v) is 4.77. The van der Waals surface area contributed by atoms with Gasteiger partial charge in [0, 0.05) is 32.7 Å². The van der Waals surface area contributed by atoms with Gasteiger partial charge in [0.15, 0.2) is 0 Å². The summed E-state index contributed by atoms with van der Waals surface area (Å²) in [5, 5.41) is 8.89. The van der Waals surface area contributed by atoms with Crippen molar-refractivity contribution in [3.8, 4) is 6.07 Å². The minimum absolute atomic E-state index is 0.0613. The topological polar surface area (TPSA) is 56.6 Å². The van der Waals surface area contributed by atoms with E-state index in [0.29, 0.717) is 12.2 Å². The smallest absolute Gasteiger partial charge is 0.248 e. The second kappa shape index (κ2) is 9.86. The molecule has 1 fully saturated rings. The maximum absolute atomic E-state index is 12.4. The van der Waals surface area contributed by atoms with Crippen molar-refractivity contribution in [3.05, 3.63) is 71.3 Å². The number of benzene rings is 2. The molecule has 1 aliphatic heterocycles.